The van der Waals surface area contributed by atoms with Crippen LogP contribution in [0.1, 0.15) is 32.6 Å². The highest BCUT2D eigenvalue weighted by Gasteiger charge is 2.73. The summed E-state index contributed by atoms with van der Waals surface area (Å²) < 4.78 is 78.0. The van der Waals surface area contributed by atoms with Crippen molar-refractivity contribution in [3.8, 4) is 0 Å². The summed E-state index contributed by atoms with van der Waals surface area (Å²) in [6.07, 6.45) is -9.33. The average molecular weight is 379 g/mol. The van der Waals surface area contributed by atoms with Crippen molar-refractivity contribution < 1.29 is 26.3 Å². The maximum Gasteiger partial charge on any atom is 0.408 e. The summed E-state index contributed by atoms with van der Waals surface area (Å²) in [5, 5.41) is 2.43. The van der Waals surface area contributed by atoms with Crippen LogP contribution >= 0.6 is 15.9 Å². The van der Waals surface area contributed by atoms with E-state index in [0.29, 0.717) is 19.0 Å². The second kappa shape index (κ2) is 4.89. The van der Waals surface area contributed by atoms with Gasteiger partial charge in [-0.25, -0.2) is 0 Å². The van der Waals surface area contributed by atoms with Gasteiger partial charge in [-0.1, -0.05) is 15.9 Å². The predicted octanol–water partition coefficient (Wildman–Crippen LogP) is 4.67. The fourth-order valence-electron chi connectivity index (χ4n) is 2.49. The predicted molar refractivity (Wildman–Crippen MR) is 69.0 cm³/mol. The zero-order valence-electron chi connectivity index (χ0n) is 11.0. The maximum atomic E-state index is 13.2. The Bertz CT molecular complexity index is 473. The molecule has 120 valence electrons. The van der Waals surface area contributed by atoms with Crippen molar-refractivity contribution in [3.05, 3.63) is 10.7 Å². The number of hydrogen-bond donors (Lipinski definition) is 1. The van der Waals surface area contributed by atoms with E-state index in [1.165, 1.54) is 0 Å². The van der Waals surface area contributed by atoms with E-state index < -0.39 is 34.2 Å². The first kappa shape index (κ1) is 16.6. The third-order valence-electron chi connectivity index (χ3n) is 4.01. The van der Waals surface area contributed by atoms with Crippen LogP contribution in [0.15, 0.2) is 15.7 Å². The van der Waals surface area contributed by atoms with Crippen molar-refractivity contribution >= 4 is 21.8 Å². The molecule has 2 aliphatic rings. The van der Waals surface area contributed by atoms with Crippen LogP contribution in [0.25, 0.3) is 0 Å². The van der Waals surface area contributed by atoms with Crippen molar-refractivity contribution in [2.45, 2.75) is 50.5 Å². The Hall–Kier alpha value is -0.730. The Morgan fingerprint density at radius 2 is 1.67 bits per heavy atom. The SMILES string of the molecule is CC1(N=C2CC(C(F)(F)F)(C(F)(F)F)C(Br)=CN2)CCC1. The summed E-state index contributed by atoms with van der Waals surface area (Å²) >= 11 is 2.43. The maximum absolute atomic E-state index is 13.2. The smallest absolute Gasteiger partial charge is 0.350 e. The van der Waals surface area contributed by atoms with Crippen LogP contribution < -0.4 is 5.32 Å². The summed E-state index contributed by atoms with van der Waals surface area (Å²) in [4.78, 5) is 4.07. The Labute approximate surface area is 125 Å². The van der Waals surface area contributed by atoms with Crippen molar-refractivity contribution in [1.29, 1.82) is 0 Å². The molecule has 2 rings (SSSR count). The molecule has 0 spiro atoms. The molecule has 1 saturated carbocycles. The normalized spacial score (nSPS) is 26.9. The number of halogens is 7. The molecule has 1 fully saturated rings. The van der Waals surface area contributed by atoms with Gasteiger partial charge in [0.25, 0.3) is 0 Å². The standard InChI is InChI=1S/C12H13BrF6N2/c1-9(3-2-4-9)21-8-5-10(11(14,15)16,12(17,18)19)7(13)6-20-8/h6H,2-5H2,1H3,(H,20,21). The van der Waals surface area contributed by atoms with E-state index >= 15 is 0 Å². The zero-order valence-corrected chi connectivity index (χ0v) is 12.6. The van der Waals surface area contributed by atoms with Crippen LogP contribution in [0.3, 0.4) is 0 Å². The fourth-order valence-corrected chi connectivity index (χ4v) is 3.19. The van der Waals surface area contributed by atoms with Gasteiger partial charge < -0.3 is 5.32 Å². The van der Waals surface area contributed by atoms with Gasteiger partial charge in [0.1, 0.15) is 5.84 Å². The first-order valence-electron chi connectivity index (χ1n) is 6.26. The summed E-state index contributed by atoms with van der Waals surface area (Å²) in [6.45, 7) is 1.72. The topological polar surface area (TPSA) is 24.4 Å². The van der Waals surface area contributed by atoms with Gasteiger partial charge in [-0.2, -0.15) is 26.3 Å². The largest absolute Gasteiger partial charge is 0.408 e. The quantitative estimate of drug-likeness (QED) is 0.658. The molecule has 1 heterocycles. The molecule has 1 N–H and O–H groups in total. The third kappa shape index (κ3) is 2.68. The zero-order chi connectivity index (χ0) is 16.1. The van der Waals surface area contributed by atoms with Crippen LogP contribution in [-0.2, 0) is 0 Å². The number of alkyl halides is 6. The molecule has 1 aliphatic carbocycles. The van der Waals surface area contributed by atoms with Crippen molar-refractivity contribution in [3.63, 3.8) is 0 Å². The van der Waals surface area contributed by atoms with E-state index in [1.54, 1.807) is 6.92 Å². The van der Waals surface area contributed by atoms with Crippen molar-refractivity contribution in [2.75, 3.05) is 0 Å². The molecule has 0 amide bonds. The van der Waals surface area contributed by atoms with Crippen molar-refractivity contribution in [2.24, 2.45) is 10.4 Å². The van der Waals surface area contributed by atoms with Crippen molar-refractivity contribution in [1.82, 2.24) is 5.32 Å². The minimum atomic E-state index is -5.47. The van der Waals surface area contributed by atoms with E-state index in [1.807, 2.05) is 0 Å². The lowest BCUT2D eigenvalue weighted by Gasteiger charge is -2.41. The van der Waals surface area contributed by atoms with Crippen LogP contribution in [-0.4, -0.2) is 23.7 Å². The summed E-state index contributed by atoms with van der Waals surface area (Å²) in [6, 6.07) is 0. The summed E-state index contributed by atoms with van der Waals surface area (Å²) in [5.74, 6) is -0.282. The third-order valence-corrected chi connectivity index (χ3v) is 4.92. The fraction of sp³-hybridized carbons (Fsp3) is 0.750. The second-order valence-electron chi connectivity index (χ2n) is 5.62. The average Bonchev–Trinajstić information content (AvgIpc) is 2.26. The van der Waals surface area contributed by atoms with Gasteiger partial charge in [-0.3, -0.25) is 4.99 Å². The molecule has 0 radical (unpaired) electrons. The lowest BCUT2D eigenvalue weighted by molar-refractivity contribution is -0.320. The number of amidine groups is 1. The molecule has 1 aliphatic heterocycles. The van der Waals surface area contributed by atoms with Crippen LogP contribution in [0.4, 0.5) is 26.3 Å². The minimum Gasteiger partial charge on any atom is -0.350 e. The van der Waals surface area contributed by atoms with E-state index in [9.17, 15) is 26.3 Å². The number of nitrogens with one attached hydrogen (secondary N) is 1. The number of hydrogen-bond acceptors (Lipinski definition) is 1. The molecule has 0 aromatic heterocycles. The molecule has 0 bridgehead atoms. The van der Waals surface area contributed by atoms with Gasteiger partial charge in [0.05, 0.1) is 5.54 Å². The van der Waals surface area contributed by atoms with E-state index in [0.717, 1.165) is 6.42 Å². The number of allylic oxidation sites excluding steroid dienone is 1. The molecule has 0 saturated heterocycles. The van der Waals surface area contributed by atoms with Gasteiger partial charge in [0.2, 0.25) is 5.41 Å². The van der Waals surface area contributed by atoms with Crippen LogP contribution in [0, 0.1) is 5.41 Å². The van der Waals surface area contributed by atoms with Gasteiger partial charge in [-0.15, -0.1) is 0 Å². The van der Waals surface area contributed by atoms with E-state index in [4.69, 9.17) is 0 Å². The Balaban J connectivity index is 2.45. The number of aliphatic imine (C=N–C) groups is 1. The van der Waals surface area contributed by atoms with E-state index in [2.05, 4.69) is 26.2 Å². The minimum absolute atomic E-state index is 0.282. The summed E-state index contributed by atoms with van der Waals surface area (Å²) in [7, 11) is 0. The molecule has 0 unspecified atom stereocenters. The molecule has 0 aromatic rings. The summed E-state index contributed by atoms with van der Waals surface area (Å²) in [5.41, 5.74) is -4.51. The van der Waals surface area contributed by atoms with Gasteiger partial charge in [0.15, 0.2) is 0 Å². The monoisotopic (exact) mass is 378 g/mol. The Kier molecular flexibility index (Phi) is 3.87. The van der Waals surface area contributed by atoms with Gasteiger partial charge in [-0.05, 0) is 26.2 Å². The molecule has 0 aromatic carbocycles. The Morgan fingerprint density at radius 1 is 1.14 bits per heavy atom. The second-order valence-corrected chi connectivity index (χ2v) is 6.48. The van der Waals surface area contributed by atoms with Gasteiger partial charge >= 0.3 is 12.4 Å². The first-order valence-corrected chi connectivity index (χ1v) is 7.05. The number of nitrogens with zero attached hydrogens (tertiary/aromatic N) is 1. The molecular weight excluding hydrogens is 366 g/mol. The lowest BCUT2D eigenvalue weighted by atomic mass is 9.77. The molecule has 0 atom stereocenters. The molecule has 9 heteroatoms. The highest BCUT2D eigenvalue weighted by atomic mass is 79.9. The lowest BCUT2D eigenvalue weighted by Crippen LogP contribution is -2.55. The van der Waals surface area contributed by atoms with Gasteiger partial charge in [0, 0.05) is 17.1 Å². The van der Waals surface area contributed by atoms with Crippen LogP contribution in [0.2, 0.25) is 0 Å². The van der Waals surface area contributed by atoms with E-state index in [-0.39, 0.29) is 5.84 Å². The molecule has 2 nitrogen and oxygen atoms in total. The highest BCUT2D eigenvalue weighted by molar-refractivity contribution is 9.11. The Morgan fingerprint density at radius 3 is 2.05 bits per heavy atom. The molecule has 21 heavy (non-hydrogen) atoms. The molecular formula is C12H13BrF6N2. The van der Waals surface area contributed by atoms with Crippen LogP contribution in [0.5, 0.6) is 0 Å². The number of rotatable bonds is 1. The first-order chi connectivity index (χ1) is 9.41. The highest BCUT2D eigenvalue weighted by Crippen LogP contribution is 2.59.